The fraction of sp³-hybridized carbons (Fsp3) is 0.348. The third-order valence-corrected chi connectivity index (χ3v) is 6.19. The Bertz CT molecular complexity index is 919. The Morgan fingerprint density at radius 1 is 1.17 bits per heavy atom. The van der Waals surface area contributed by atoms with Gasteiger partial charge in [0.2, 0.25) is 17.7 Å². The number of benzene rings is 2. The normalized spacial score (nSPS) is 17.0. The molecule has 3 rings (SSSR count). The van der Waals surface area contributed by atoms with Crippen LogP contribution < -0.4 is 5.32 Å². The molecule has 1 heterocycles. The zero-order chi connectivity index (χ0) is 21.7. The summed E-state index contributed by atoms with van der Waals surface area (Å²) in [5, 5.41) is 2.86. The zero-order valence-corrected chi connectivity index (χ0v) is 18.3. The van der Waals surface area contributed by atoms with Crippen molar-refractivity contribution in [3.05, 3.63) is 60.2 Å². The summed E-state index contributed by atoms with van der Waals surface area (Å²) in [5.41, 5.74) is 1.77. The van der Waals surface area contributed by atoms with Gasteiger partial charge in [-0.15, -0.1) is 11.8 Å². The molecule has 7 heteroatoms. The van der Waals surface area contributed by atoms with Gasteiger partial charge in [-0.1, -0.05) is 42.5 Å². The number of carbonyl (C=O) groups excluding carboxylic acids is 3. The van der Waals surface area contributed by atoms with Gasteiger partial charge in [-0.25, -0.2) is 0 Å². The smallest absolute Gasteiger partial charge is 0.244 e. The maximum Gasteiger partial charge on any atom is 0.244 e. The molecule has 1 N–H and O–H groups in total. The summed E-state index contributed by atoms with van der Waals surface area (Å²) in [6.07, 6.45) is 2.12. The average molecular weight is 426 g/mol. The largest absolute Gasteiger partial charge is 0.336 e. The van der Waals surface area contributed by atoms with E-state index in [1.807, 2.05) is 67.8 Å². The fourth-order valence-corrected chi connectivity index (χ4v) is 4.28. The molecular weight excluding hydrogens is 398 g/mol. The third-order valence-electron chi connectivity index (χ3n) is 5.40. The lowest BCUT2D eigenvalue weighted by Crippen LogP contribution is -2.39. The van der Waals surface area contributed by atoms with Gasteiger partial charge in [0.05, 0.1) is 24.2 Å². The SMILES string of the molecule is CSc1ccccc1NC(=O)CN(C)C(=O)C1CC(=O)N(C(C)c2ccccc2)C1. The van der Waals surface area contributed by atoms with E-state index in [0.717, 1.165) is 16.1 Å². The number of anilines is 1. The van der Waals surface area contributed by atoms with Crippen LogP contribution in [0.3, 0.4) is 0 Å². The lowest BCUT2D eigenvalue weighted by Gasteiger charge is -2.26. The summed E-state index contributed by atoms with van der Waals surface area (Å²) < 4.78 is 0. The number of nitrogens with zero attached hydrogens (tertiary/aromatic N) is 2. The number of likely N-dealkylation sites (tertiary alicyclic amines) is 1. The van der Waals surface area contributed by atoms with Crippen LogP contribution in [0.2, 0.25) is 0 Å². The topological polar surface area (TPSA) is 69.7 Å². The van der Waals surface area contributed by atoms with Crippen LogP contribution in [0.5, 0.6) is 0 Å². The van der Waals surface area contributed by atoms with Gasteiger partial charge in [0.25, 0.3) is 0 Å². The van der Waals surface area contributed by atoms with Crippen LogP contribution in [-0.2, 0) is 14.4 Å². The molecule has 0 radical (unpaired) electrons. The first-order valence-electron chi connectivity index (χ1n) is 9.93. The Kier molecular flexibility index (Phi) is 7.15. The molecule has 0 spiro atoms. The Balaban J connectivity index is 1.58. The highest BCUT2D eigenvalue weighted by atomic mass is 32.2. The van der Waals surface area contributed by atoms with Crippen molar-refractivity contribution in [1.82, 2.24) is 9.80 Å². The summed E-state index contributed by atoms with van der Waals surface area (Å²) >= 11 is 1.55. The van der Waals surface area contributed by atoms with E-state index in [4.69, 9.17) is 0 Å². The second-order valence-electron chi connectivity index (χ2n) is 7.48. The molecule has 158 valence electrons. The zero-order valence-electron chi connectivity index (χ0n) is 17.5. The molecule has 3 amide bonds. The number of amides is 3. The molecule has 6 nitrogen and oxygen atoms in total. The van der Waals surface area contributed by atoms with Gasteiger partial charge in [-0.3, -0.25) is 14.4 Å². The molecule has 0 saturated carbocycles. The Labute approximate surface area is 181 Å². The third kappa shape index (κ3) is 5.02. The minimum atomic E-state index is -0.431. The van der Waals surface area contributed by atoms with Gasteiger partial charge in [0.15, 0.2) is 0 Å². The molecule has 30 heavy (non-hydrogen) atoms. The van der Waals surface area contributed by atoms with E-state index in [0.29, 0.717) is 6.54 Å². The molecule has 2 unspecified atom stereocenters. The maximum atomic E-state index is 12.9. The second kappa shape index (κ2) is 9.80. The van der Waals surface area contributed by atoms with E-state index in [1.54, 1.807) is 23.7 Å². The summed E-state index contributed by atoms with van der Waals surface area (Å²) in [6.45, 7) is 2.29. The first kappa shape index (κ1) is 21.9. The van der Waals surface area contributed by atoms with Gasteiger partial charge in [-0.2, -0.15) is 0 Å². The highest BCUT2D eigenvalue weighted by Gasteiger charge is 2.38. The molecule has 0 aliphatic carbocycles. The highest BCUT2D eigenvalue weighted by Crippen LogP contribution is 2.29. The van der Waals surface area contributed by atoms with Gasteiger partial charge >= 0.3 is 0 Å². The van der Waals surface area contributed by atoms with Crippen LogP contribution in [0.4, 0.5) is 5.69 Å². The molecule has 1 aliphatic rings. The van der Waals surface area contributed by atoms with Crippen molar-refractivity contribution in [3.8, 4) is 0 Å². The minimum absolute atomic E-state index is 0.0311. The number of nitrogens with one attached hydrogen (secondary N) is 1. The Morgan fingerprint density at radius 3 is 2.53 bits per heavy atom. The van der Waals surface area contributed by atoms with Crippen molar-refractivity contribution in [2.24, 2.45) is 5.92 Å². The molecule has 2 aromatic carbocycles. The quantitative estimate of drug-likeness (QED) is 0.690. The minimum Gasteiger partial charge on any atom is -0.336 e. The predicted molar refractivity (Wildman–Crippen MR) is 119 cm³/mol. The van der Waals surface area contributed by atoms with Crippen LogP contribution in [0.1, 0.15) is 24.9 Å². The van der Waals surface area contributed by atoms with Crippen molar-refractivity contribution >= 4 is 35.2 Å². The highest BCUT2D eigenvalue weighted by molar-refractivity contribution is 7.98. The van der Waals surface area contributed by atoms with Gasteiger partial charge in [0, 0.05) is 24.9 Å². The van der Waals surface area contributed by atoms with Crippen LogP contribution in [-0.4, -0.2) is 53.9 Å². The van der Waals surface area contributed by atoms with Crippen molar-refractivity contribution < 1.29 is 14.4 Å². The first-order chi connectivity index (χ1) is 14.4. The maximum absolute atomic E-state index is 12.9. The van der Waals surface area contributed by atoms with Gasteiger partial charge in [-0.05, 0) is 30.9 Å². The summed E-state index contributed by atoms with van der Waals surface area (Å²) in [4.78, 5) is 42.0. The van der Waals surface area contributed by atoms with E-state index in [9.17, 15) is 14.4 Å². The Hall–Kier alpha value is -2.80. The molecule has 1 saturated heterocycles. The monoisotopic (exact) mass is 425 g/mol. The van der Waals surface area contributed by atoms with Crippen molar-refractivity contribution in [1.29, 1.82) is 0 Å². The molecule has 1 fully saturated rings. The van der Waals surface area contributed by atoms with Crippen LogP contribution >= 0.6 is 11.8 Å². The van der Waals surface area contributed by atoms with E-state index in [1.165, 1.54) is 4.90 Å². The molecular formula is C23H27N3O3S. The molecule has 2 aromatic rings. The van der Waals surface area contributed by atoms with E-state index >= 15 is 0 Å². The standard InChI is InChI=1S/C23H27N3O3S/c1-16(17-9-5-4-6-10-17)26-14-18(13-22(26)28)23(29)25(2)15-21(27)24-19-11-7-8-12-20(19)30-3/h4-12,16,18H,13-15H2,1-3H3,(H,24,27). The number of hydrogen-bond donors (Lipinski definition) is 1. The van der Waals surface area contributed by atoms with E-state index < -0.39 is 5.92 Å². The number of para-hydroxylation sites is 1. The van der Waals surface area contributed by atoms with Crippen LogP contribution in [0.15, 0.2) is 59.5 Å². The number of hydrogen-bond acceptors (Lipinski definition) is 4. The van der Waals surface area contributed by atoms with E-state index in [-0.39, 0.29) is 36.7 Å². The average Bonchev–Trinajstić information content (AvgIpc) is 3.15. The van der Waals surface area contributed by atoms with Crippen LogP contribution in [0.25, 0.3) is 0 Å². The number of thioether (sulfide) groups is 1. The van der Waals surface area contributed by atoms with Crippen molar-refractivity contribution in [2.45, 2.75) is 24.3 Å². The number of likely N-dealkylation sites (N-methyl/N-ethyl adjacent to an activating group) is 1. The first-order valence-corrected chi connectivity index (χ1v) is 11.2. The van der Waals surface area contributed by atoms with Crippen molar-refractivity contribution in [2.75, 3.05) is 31.7 Å². The summed E-state index contributed by atoms with van der Waals surface area (Å²) in [6, 6.07) is 17.2. The Morgan fingerprint density at radius 2 is 1.83 bits per heavy atom. The van der Waals surface area contributed by atoms with Gasteiger partial charge < -0.3 is 15.1 Å². The molecule has 0 aromatic heterocycles. The van der Waals surface area contributed by atoms with Crippen molar-refractivity contribution in [3.63, 3.8) is 0 Å². The molecule has 2 atom stereocenters. The summed E-state index contributed by atoms with van der Waals surface area (Å²) in [5.74, 6) is -0.901. The van der Waals surface area contributed by atoms with E-state index in [2.05, 4.69) is 5.32 Å². The van der Waals surface area contributed by atoms with Crippen LogP contribution in [0, 0.1) is 5.92 Å². The van der Waals surface area contributed by atoms with Gasteiger partial charge in [0.1, 0.15) is 0 Å². The predicted octanol–water partition coefficient (Wildman–Crippen LogP) is 3.42. The second-order valence-corrected chi connectivity index (χ2v) is 8.32. The number of rotatable bonds is 7. The fourth-order valence-electron chi connectivity index (χ4n) is 3.73. The lowest BCUT2D eigenvalue weighted by atomic mass is 10.1. The number of carbonyl (C=O) groups is 3. The molecule has 0 bridgehead atoms. The molecule has 1 aliphatic heterocycles. The summed E-state index contributed by atoms with van der Waals surface area (Å²) in [7, 11) is 1.61. The lowest BCUT2D eigenvalue weighted by molar-refractivity contribution is -0.137.